The van der Waals surface area contributed by atoms with Gasteiger partial charge in [0.05, 0.1) is 29.4 Å². The van der Waals surface area contributed by atoms with E-state index < -0.39 is 11.7 Å². The molecular formula is C20H14F3N5S. The minimum atomic E-state index is -4.41. The smallest absolute Gasteiger partial charge is 0.253 e. The third-order valence-electron chi connectivity index (χ3n) is 4.02. The van der Waals surface area contributed by atoms with Crippen LogP contribution in [0.1, 0.15) is 11.1 Å². The molecule has 2 heterocycles. The SMILES string of the molecule is FC(F)(F)c1cnn(-c2ccc(C=NNc3nc(-c4ccccc4)cs3)cc2)c1. The second-order valence-electron chi connectivity index (χ2n) is 6.04. The molecule has 0 aliphatic rings. The monoisotopic (exact) mass is 413 g/mol. The number of benzene rings is 2. The highest BCUT2D eigenvalue weighted by molar-refractivity contribution is 7.14. The largest absolute Gasteiger partial charge is 0.419 e. The number of alkyl halides is 3. The Hall–Kier alpha value is -3.46. The lowest BCUT2D eigenvalue weighted by Gasteiger charge is -2.03. The Bertz CT molecular complexity index is 1110. The maximum absolute atomic E-state index is 12.7. The summed E-state index contributed by atoms with van der Waals surface area (Å²) in [6, 6.07) is 16.7. The van der Waals surface area contributed by atoms with Crippen LogP contribution in [0.2, 0.25) is 0 Å². The molecule has 2 aromatic heterocycles. The predicted octanol–water partition coefficient (Wildman–Crippen LogP) is 5.46. The molecule has 1 N–H and O–H groups in total. The van der Waals surface area contributed by atoms with Crippen LogP contribution in [0.5, 0.6) is 0 Å². The van der Waals surface area contributed by atoms with Gasteiger partial charge < -0.3 is 0 Å². The molecule has 0 aliphatic carbocycles. The van der Waals surface area contributed by atoms with Gasteiger partial charge in [0, 0.05) is 17.1 Å². The Kier molecular flexibility index (Phi) is 5.13. The van der Waals surface area contributed by atoms with E-state index in [-0.39, 0.29) is 0 Å². The van der Waals surface area contributed by atoms with Crippen LogP contribution in [-0.4, -0.2) is 21.0 Å². The van der Waals surface area contributed by atoms with Crippen LogP contribution in [0.4, 0.5) is 18.3 Å². The highest BCUT2D eigenvalue weighted by Gasteiger charge is 2.32. The Labute approximate surface area is 168 Å². The lowest BCUT2D eigenvalue weighted by atomic mass is 10.2. The van der Waals surface area contributed by atoms with E-state index in [1.165, 1.54) is 16.0 Å². The van der Waals surface area contributed by atoms with Gasteiger partial charge in [0.25, 0.3) is 0 Å². The molecule has 4 aromatic rings. The fourth-order valence-corrected chi connectivity index (χ4v) is 3.22. The minimum absolute atomic E-state index is 0.526. The average Bonchev–Trinajstić information content (AvgIpc) is 3.39. The van der Waals surface area contributed by atoms with E-state index in [9.17, 15) is 13.2 Å². The van der Waals surface area contributed by atoms with Crippen molar-refractivity contribution in [3.8, 4) is 16.9 Å². The summed E-state index contributed by atoms with van der Waals surface area (Å²) < 4.78 is 39.2. The molecule has 0 fully saturated rings. The number of hydrogen-bond donors (Lipinski definition) is 1. The Morgan fingerprint density at radius 2 is 1.79 bits per heavy atom. The minimum Gasteiger partial charge on any atom is -0.253 e. The third-order valence-corrected chi connectivity index (χ3v) is 4.76. The molecule has 0 spiro atoms. The molecule has 4 rings (SSSR count). The lowest BCUT2D eigenvalue weighted by Crippen LogP contribution is -2.03. The first-order valence-corrected chi connectivity index (χ1v) is 9.39. The highest BCUT2D eigenvalue weighted by Crippen LogP contribution is 2.29. The highest BCUT2D eigenvalue weighted by atomic mass is 32.1. The molecule has 0 bridgehead atoms. The van der Waals surface area contributed by atoms with E-state index in [0.29, 0.717) is 10.8 Å². The van der Waals surface area contributed by atoms with Crippen molar-refractivity contribution in [2.75, 3.05) is 5.43 Å². The van der Waals surface area contributed by atoms with Gasteiger partial charge in [-0.05, 0) is 17.7 Å². The molecule has 29 heavy (non-hydrogen) atoms. The van der Waals surface area contributed by atoms with Gasteiger partial charge in [-0.1, -0.05) is 42.5 Å². The van der Waals surface area contributed by atoms with Gasteiger partial charge in [-0.25, -0.2) is 9.67 Å². The van der Waals surface area contributed by atoms with E-state index in [2.05, 4.69) is 20.6 Å². The maximum Gasteiger partial charge on any atom is 0.419 e. The van der Waals surface area contributed by atoms with Crippen LogP contribution >= 0.6 is 11.3 Å². The molecule has 5 nitrogen and oxygen atoms in total. The number of rotatable bonds is 5. The van der Waals surface area contributed by atoms with Crippen molar-refractivity contribution in [1.29, 1.82) is 0 Å². The lowest BCUT2D eigenvalue weighted by molar-refractivity contribution is -0.137. The van der Waals surface area contributed by atoms with Crippen molar-refractivity contribution in [3.05, 3.63) is 83.5 Å². The number of hydrazone groups is 1. The van der Waals surface area contributed by atoms with Crippen LogP contribution < -0.4 is 5.43 Å². The maximum atomic E-state index is 12.7. The van der Waals surface area contributed by atoms with Crippen molar-refractivity contribution in [2.24, 2.45) is 5.10 Å². The number of thiazole rings is 1. The third kappa shape index (κ3) is 4.52. The fraction of sp³-hybridized carbons (Fsp3) is 0.0500. The van der Waals surface area contributed by atoms with E-state index in [1.807, 2.05) is 35.7 Å². The Morgan fingerprint density at radius 3 is 2.48 bits per heavy atom. The van der Waals surface area contributed by atoms with Gasteiger partial charge in [-0.15, -0.1) is 11.3 Å². The average molecular weight is 413 g/mol. The van der Waals surface area contributed by atoms with Crippen molar-refractivity contribution >= 4 is 22.7 Å². The van der Waals surface area contributed by atoms with Gasteiger partial charge in [-0.3, -0.25) is 5.43 Å². The van der Waals surface area contributed by atoms with Crippen molar-refractivity contribution in [1.82, 2.24) is 14.8 Å². The Balaban J connectivity index is 1.40. The number of hydrogen-bond acceptors (Lipinski definition) is 5. The van der Waals surface area contributed by atoms with Crippen molar-refractivity contribution in [3.63, 3.8) is 0 Å². The molecule has 146 valence electrons. The van der Waals surface area contributed by atoms with E-state index in [1.54, 1.807) is 30.5 Å². The van der Waals surface area contributed by atoms with E-state index in [4.69, 9.17) is 0 Å². The quantitative estimate of drug-likeness (QED) is 0.349. The van der Waals surface area contributed by atoms with Crippen LogP contribution in [-0.2, 0) is 6.18 Å². The van der Waals surface area contributed by atoms with Crippen LogP contribution in [0, 0.1) is 0 Å². The molecule has 0 saturated carbocycles. The summed E-state index contributed by atoms with van der Waals surface area (Å²) in [5.74, 6) is 0. The van der Waals surface area contributed by atoms with Crippen molar-refractivity contribution in [2.45, 2.75) is 6.18 Å². The molecular weight excluding hydrogens is 399 g/mol. The summed E-state index contributed by atoms with van der Waals surface area (Å²) >= 11 is 1.44. The second-order valence-corrected chi connectivity index (χ2v) is 6.89. The molecule has 0 aliphatic heterocycles. The summed E-state index contributed by atoms with van der Waals surface area (Å²) in [5.41, 5.74) is 5.31. The van der Waals surface area contributed by atoms with Crippen molar-refractivity contribution < 1.29 is 13.2 Å². The molecule has 0 radical (unpaired) electrons. The molecule has 0 amide bonds. The topological polar surface area (TPSA) is 55.1 Å². The summed E-state index contributed by atoms with van der Waals surface area (Å²) in [4.78, 5) is 4.48. The van der Waals surface area contributed by atoms with Gasteiger partial charge in [0.2, 0.25) is 5.13 Å². The van der Waals surface area contributed by atoms with Crippen LogP contribution in [0.15, 0.2) is 77.5 Å². The first-order chi connectivity index (χ1) is 14.0. The number of nitrogens with zero attached hydrogens (tertiary/aromatic N) is 4. The number of anilines is 1. The van der Waals surface area contributed by atoms with Crippen LogP contribution in [0.3, 0.4) is 0 Å². The first-order valence-electron chi connectivity index (χ1n) is 8.51. The Morgan fingerprint density at radius 1 is 1.03 bits per heavy atom. The summed E-state index contributed by atoms with van der Waals surface area (Å²) in [7, 11) is 0. The summed E-state index contributed by atoms with van der Waals surface area (Å²) in [6.45, 7) is 0. The van der Waals surface area contributed by atoms with E-state index in [0.717, 1.165) is 29.2 Å². The number of aromatic nitrogens is 3. The molecule has 0 saturated heterocycles. The van der Waals surface area contributed by atoms with Gasteiger partial charge in [0.1, 0.15) is 0 Å². The zero-order valence-corrected chi connectivity index (χ0v) is 15.7. The van der Waals surface area contributed by atoms with Gasteiger partial charge in [-0.2, -0.15) is 23.4 Å². The normalized spacial score (nSPS) is 11.8. The molecule has 2 aromatic carbocycles. The molecule has 9 heteroatoms. The molecule has 0 atom stereocenters. The van der Waals surface area contributed by atoms with Crippen LogP contribution in [0.25, 0.3) is 16.9 Å². The fourth-order valence-electron chi connectivity index (χ4n) is 2.55. The summed E-state index contributed by atoms with van der Waals surface area (Å²) in [6.07, 6.45) is -1.04. The van der Waals surface area contributed by atoms with E-state index >= 15 is 0 Å². The zero-order chi connectivity index (χ0) is 20.3. The van der Waals surface area contributed by atoms with Gasteiger partial charge in [0.15, 0.2) is 0 Å². The number of nitrogens with one attached hydrogen (secondary N) is 1. The predicted molar refractivity (Wildman–Crippen MR) is 107 cm³/mol. The standard InChI is InChI=1S/C20H14F3N5S/c21-20(22,23)16-11-25-28(12-16)17-8-6-14(7-9-17)10-24-27-19-26-18(13-29-19)15-4-2-1-3-5-15/h1-13H,(H,26,27). The zero-order valence-electron chi connectivity index (χ0n) is 14.8. The second kappa shape index (κ2) is 7.88. The number of halogens is 3. The molecule has 0 unspecified atom stereocenters. The summed E-state index contributed by atoms with van der Waals surface area (Å²) in [5, 5.41) is 10.5. The first kappa shape index (κ1) is 18.9. The van der Waals surface area contributed by atoms with Gasteiger partial charge >= 0.3 is 6.18 Å².